The number of carbonyl (C=O) groups is 2. The maximum Gasteiger partial charge on any atom is 0.227 e. The Kier molecular flexibility index (Phi) is 6.59. The lowest BCUT2D eigenvalue weighted by Crippen LogP contribution is -2.50. The highest BCUT2D eigenvalue weighted by molar-refractivity contribution is 5.80. The van der Waals surface area contributed by atoms with Crippen LogP contribution in [-0.2, 0) is 16.0 Å². The van der Waals surface area contributed by atoms with Gasteiger partial charge in [-0.2, -0.15) is 0 Å². The van der Waals surface area contributed by atoms with Crippen LogP contribution in [0.2, 0.25) is 0 Å². The van der Waals surface area contributed by atoms with Crippen molar-refractivity contribution in [2.24, 2.45) is 5.73 Å². The molecule has 2 amide bonds. The van der Waals surface area contributed by atoms with Crippen LogP contribution < -0.4 is 11.1 Å². The number of amides is 2. The van der Waals surface area contributed by atoms with Crippen molar-refractivity contribution in [3.63, 3.8) is 0 Å². The monoisotopic (exact) mass is 317 g/mol. The number of hydrogen-bond donors (Lipinski definition) is 2. The SMILES string of the molecule is Cc1ccccc1CC(=O)N1CCCCC1CNC(=O)CCN. The van der Waals surface area contributed by atoms with E-state index in [9.17, 15) is 9.59 Å². The van der Waals surface area contributed by atoms with E-state index in [2.05, 4.69) is 5.32 Å². The minimum atomic E-state index is -0.0376. The van der Waals surface area contributed by atoms with E-state index in [-0.39, 0.29) is 17.9 Å². The third-order valence-corrected chi connectivity index (χ3v) is 4.46. The number of nitrogens with one attached hydrogen (secondary N) is 1. The molecule has 2 rings (SSSR count). The summed E-state index contributed by atoms with van der Waals surface area (Å²) in [6, 6.07) is 8.09. The fourth-order valence-corrected chi connectivity index (χ4v) is 3.07. The number of hydrogen-bond acceptors (Lipinski definition) is 3. The topological polar surface area (TPSA) is 75.4 Å². The Morgan fingerprint density at radius 2 is 2.09 bits per heavy atom. The molecule has 126 valence electrons. The van der Waals surface area contributed by atoms with Gasteiger partial charge in [0.25, 0.3) is 0 Å². The van der Waals surface area contributed by atoms with Crippen molar-refractivity contribution in [1.82, 2.24) is 10.2 Å². The van der Waals surface area contributed by atoms with Gasteiger partial charge in [0.1, 0.15) is 0 Å². The number of carbonyl (C=O) groups excluding carboxylic acids is 2. The van der Waals surface area contributed by atoms with Gasteiger partial charge >= 0.3 is 0 Å². The minimum Gasteiger partial charge on any atom is -0.354 e. The summed E-state index contributed by atoms with van der Waals surface area (Å²) >= 11 is 0. The van der Waals surface area contributed by atoms with Gasteiger partial charge in [0.05, 0.1) is 6.42 Å². The standard InChI is InChI=1S/C18H27N3O2/c1-14-6-2-3-7-15(14)12-18(23)21-11-5-4-8-16(21)13-20-17(22)9-10-19/h2-3,6-7,16H,4-5,8-13,19H2,1H3,(H,20,22). The summed E-state index contributed by atoms with van der Waals surface area (Å²) in [5, 5.41) is 2.90. The molecule has 1 atom stereocenters. The number of nitrogens with zero attached hydrogens (tertiary/aromatic N) is 1. The molecule has 1 aromatic rings. The van der Waals surface area contributed by atoms with Gasteiger partial charge in [-0.1, -0.05) is 24.3 Å². The largest absolute Gasteiger partial charge is 0.354 e. The third kappa shape index (κ3) is 5.06. The first-order chi connectivity index (χ1) is 11.1. The first kappa shape index (κ1) is 17.5. The van der Waals surface area contributed by atoms with E-state index in [1.165, 1.54) is 0 Å². The van der Waals surface area contributed by atoms with Crippen LogP contribution in [0.25, 0.3) is 0 Å². The molecule has 1 unspecified atom stereocenters. The molecule has 23 heavy (non-hydrogen) atoms. The van der Waals surface area contributed by atoms with Crippen molar-refractivity contribution in [2.75, 3.05) is 19.6 Å². The van der Waals surface area contributed by atoms with Crippen molar-refractivity contribution in [3.8, 4) is 0 Å². The van der Waals surface area contributed by atoms with Gasteiger partial charge in [-0.05, 0) is 37.3 Å². The quantitative estimate of drug-likeness (QED) is 0.832. The molecule has 1 heterocycles. The first-order valence-electron chi connectivity index (χ1n) is 8.42. The van der Waals surface area contributed by atoms with Gasteiger partial charge in [-0.3, -0.25) is 9.59 Å². The van der Waals surface area contributed by atoms with Crippen molar-refractivity contribution in [2.45, 2.75) is 45.1 Å². The van der Waals surface area contributed by atoms with Crippen LogP contribution in [0.5, 0.6) is 0 Å². The van der Waals surface area contributed by atoms with Gasteiger partial charge in [0, 0.05) is 32.1 Å². The van der Waals surface area contributed by atoms with Crippen molar-refractivity contribution < 1.29 is 9.59 Å². The Morgan fingerprint density at radius 3 is 2.83 bits per heavy atom. The summed E-state index contributed by atoms with van der Waals surface area (Å²) in [6.45, 7) is 3.69. The van der Waals surface area contributed by atoms with E-state index in [0.717, 1.165) is 36.9 Å². The van der Waals surface area contributed by atoms with Crippen molar-refractivity contribution in [3.05, 3.63) is 35.4 Å². The highest BCUT2D eigenvalue weighted by Gasteiger charge is 2.27. The molecule has 0 bridgehead atoms. The van der Waals surface area contributed by atoms with E-state index in [4.69, 9.17) is 5.73 Å². The molecular formula is C18H27N3O2. The average molecular weight is 317 g/mol. The lowest BCUT2D eigenvalue weighted by molar-refractivity contribution is -0.134. The van der Waals surface area contributed by atoms with Gasteiger partial charge < -0.3 is 16.0 Å². The second-order valence-electron chi connectivity index (χ2n) is 6.18. The first-order valence-corrected chi connectivity index (χ1v) is 8.42. The smallest absolute Gasteiger partial charge is 0.227 e. The summed E-state index contributed by atoms with van der Waals surface area (Å²) < 4.78 is 0. The minimum absolute atomic E-state index is 0.0376. The van der Waals surface area contributed by atoms with Crippen molar-refractivity contribution >= 4 is 11.8 Å². The Labute approximate surface area is 138 Å². The molecule has 0 saturated carbocycles. The molecule has 0 aromatic heterocycles. The van der Waals surface area contributed by atoms with Crippen LogP contribution in [0.15, 0.2) is 24.3 Å². The second-order valence-corrected chi connectivity index (χ2v) is 6.18. The molecule has 1 aliphatic heterocycles. The molecule has 1 saturated heterocycles. The summed E-state index contributed by atoms with van der Waals surface area (Å²) in [5.74, 6) is 0.112. The molecule has 1 aliphatic rings. The number of aryl methyl sites for hydroxylation is 1. The zero-order chi connectivity index (χ0) is 16.7. The van der Waals surface area contributed by atoms with Crippen LogP contribution in [0.4, 0.5) is 0 Å². The van der Waals surface area contributed by atoms with Crippen LogP contribution >= 0.6 is 0 Å². The fraction of sp³-hybridized carbons (Fsp3) is 0.556. The summed E-state index contributed by atoms with van der Waals surface area (Å²) in [4.78, 5) is 26.2. The molecule has 5 heteroatoms. The van der Waals surface area contributed by atoms with Gasteiger partial charge in [-0.15, -0.1) is 0 Å². The normalized spacial score (nSPS) is 17.8. The van der Waals surface area contributed by atoms with E-state index in [1.807, 2.05) is 36.1 Å². The molecule has 0 aliphatic carbocycles. The average Bonchev–Trinajstić information content (AvgIpc) is 2.55. The predicted octanol–water partition coefficient (Wildman–Crippen LogP) is 1.38. The molecular weight excluding hydrogens is 290 g/mol. The lowest BCUT2D eigenvalue weighted by Gasteiger charge is -2.36. The summed E-state index contributed by atoms with van der Waals surface area (Å²) in [7, 11) is 0. The Morgan fingerprint density at radius 1 is 1.30 bits per heavy atom. The molecule has 0 radical (unpaired) electrons. The zero-order valence-electron chi connectivity index (χ0n) is 13.9. The second kappa shape index (κ2) is 8.67. The maximum absolute atomic E-state index is 12.7. The van der Waals surface area contributed by atoms with E-state index >= 15 is 0 Å². The highest BCUT2D eigenvalue weighted by Crippen LogP contribution is 2.19. The summed E-state index contributed by atoms with van der Waals surface area (Å²) in [5.41, 5.74) is 7.61. The van der Waals surface area contributed by atoms with Gasteiger partial charge in [0.2, 0.25) is 11.8 Å². The lowest BCUT2D eigenvalue weighted by atomic mass is 9.99. The van der Waals surface area contributed by atoms with Crippen molar-refractivity contribution in [1.29, 1.82) is 0 Å². The molecule has 3 N–H and O–H groups in total. The third-order valence-electron chi connectivity index (χ3n) is 4.46. The van der Waals surface area contributed by atoms with Gasteiger partial charge in [0.15, 0.2) is 0 Å². The van der Waals surface area contributed by atoms with Crippen LogP contribution in [-0.4, -0.2) is 42.4 Å². The zero-order valence-corrected chi connectivity index (χ0v) is 13.9. The predicted molar refractivity (Wildman–Crippen MR) is 90.9 cm³/mol. The number of benzene rings is 1. The number of likely N-dealkylation sites (tertiary alicyclic amines) is 1. The Bertz CT molecular complexity index is 545. The van der Waals surface area contributed by atoms with Crippen LogP contribution in [0, 0.1) is 6.92 Å². The molecule has 5 nitrogen and oxygen atoms in total. The van der Waals surface area contributed by atoms with E-state index < -0.39 is 0 Å². The van der Waals surface area contributed by atoms with E-state index in [1.54, 1.807) is 0 Å². The molecule has 1 fully saturated rings. The Hall–Kier alpha value is -1.88. The highest BCUT2D eigenvalue weighted by atomic mass is 16.2. The molecule has 0 spiro atoms. The molecule has 1 aromatic carbocycles. The number of piperidine rings is 1. The van der Waals surface area contributed by atoms with Crippen LogP contribution in [0.1, 0.15) is 36.8 Å². The van der Waals surface area contributed by atoms with Crippen LogP contribution in [0.3, 0.4) is 0 Å². The number of rotatable bonds is 6. The summed E-state index contributed by atoms with van der Waals surface area (Å²) in [6.07, 6.45) is 3.85. The maximum atomic E-state index is 12.7. The van der Waals surface area contributed by atoms with E-state index in [0.29, 0.717) is 25.9 Å². The Balaban J connectivity index is 1.95. The number of nitrogens with two attached hydrogens (primary N) is 1. The van der Waals surface area contributed by atoms with Gasteiger partial charge in [-0.25, -0.2) is 0 Å². The fourth-order valence-electron chi connectivity index (χ4n) is 3.07.